The van der Waals surface area contributed by atoms with E-state index in [1.165, 1.54) is 6.26 Å². The third-order valence-electron chi connectivity index (χ3n) is 4.46. The van der Waals surface area contributed by atoms with E-state index in [1.807, 2.05) is 56.3 Å². The topological polar surface area (TPSA) is 90.1 Å². The van der Waals surface area contributed by atoms with Gasteiger partial charge >= 0.3 is 0 Å². The number of aromatic nitrogens is 3. The molecule has 0 saturated carbocycles. The molecular weight excluding hydrogens is 368 g/mol. The fourth-order valence-electron chi connectivity index (χ4n) is 2.89. The fourth-order valence-corrected chi connectivity index (χ4v) is 2.89. The number of fused-ring (bicyclic) bond motifs is 1. The van der Waals surface area contributed by atoms with Gasteiger partial charge in [0.15, 0.2) is 12.3 Å². The molecule has 1 atom stereocenters. The average Bonchev–Trinajstić information content (AvgIpc) is 3.22. The lowest BCUT2D eigenvalue weighted by atomic mass is 10.2. The molecule has 0 spiro atoms. The van der Waals surface area contributed by atoms with Gasteiger partial charge < -0.3 is 14.5 Å². The number of carbonyl (C=O) groups is 1. The normalized spacial score (nSPS) is 11.9. The van der Waals surface area contributed by atoms with Crippen LogP contribution in [0.2, 0.25) is 0 Å². The Hall–Kier alpha value is -3.74. The predicted octanol–water partition coefficient (Wildman–Crippen LogP) is 4.00. The maximum atomic E-state index is 12.4. The van der Waals surface area contributed by atoms with E-state index in [0.29, 0.717) is 11.6 Å². The predicted molar refractivity (Wildman–Crippen MR) is 107 cm³/mol. The maximum Gasteiger partial charge on any atom is 0.273 e. The second-order valence-electron chi connectivity index (χ2n) is 6.70. The van der Waals surface area contributed by atoms with Crippen molar-refractivity contribution in [1.82, 2.24) is 20.3 Å². The number of benzene rings is 1. The molecule has 29 heavy (non-hydrogen) atoms. The lowest BCUT2D eigenvalue weighted by Gasteiger charge is -2.12. The molecule has 7 heteroatoms. The van der Waals surface area contributed by atoms with E-state index >= 15 is 0 Å². The van der Waals surface area contributed by atoms with E-state index in [4.69, 9.17) is 9.15 Å². The molecule has 3 heterocycles. The quantitative estimate of drug-likeness (QED) is 0.537. The monoisotopic (exact) mass is 388 g/mol. The zero-order chi connectivity index (χ0) is 20.2. The number of amides is 1. The number of ether oxygens (including phenoxy) is 1. The summed E-state index contributed by atoms with van der Waals surface area (Å²) in [6.45, 7) is 3.93. The minimum Gasteiger partial charge on any atom is -0.482 e. The van der Waals surface area contributed by atoms with Crippen LogP contribution in [0.3, 0.4) is 0 Å². The van der Waals surface area contributed by atoms with Crippen molar-refractivity contribution in [3.8, 4) is 5.75 Å². The van der Waals surface area contributed by atoms with Crippen LogP contribution >= 0.6 is 0 Å². The van der Waals surface area contributed by atoms with Gasteiger partial charge in [0.1, 0.15) is 17.5 Å². The lowest BCUT2D eigenvalue weighted by molar-refractivity contribution is 0.0934. The average molecular weight is 388 g/mol. The van der Waals surface area contributed by atoms with Crippen molar-refractivity contribution >= 4 is 16.8 Å². The molecule has 0 aliphatic rings. The van der Waals surface area contributed by atoms with E-state index in [0.717, 1.165) is 22.2 Å². The van der Waals surface area contributed by atoms with Crippen LogP contribution in [-0.4, -0.2) is 20.9 Å². The van der Waals surface area contributed by atoms with Crippen LogP contribution < -0.4 is 10.1 Å². The minimum atomic E-state index is -0.332. The molecule has 1 aromatic carbocycles. The number of oxazole rings is 1. The molecule has 0 aliphatic carbocycles. The molecule has 0 fully saturated rings. The van der Waals surface area contributed by atoms with Crippen molar-refractivity contribution in [2.75, 3.05) is 0 Å². The van der Waals surface area contributed by atoms with Crippen molar-refractivity contribution < 1.29 is 13.9 Å². The first-order valence-corrected chi connectivity index (χ1v) is 9.24. The first-order chi connectivity index (χ1) is 14.1. The Morgan fingerprint density at radius 1 is 1.17 bits per heavy atom. The largest absolute Gasteiger partial charge is 0.482 e. The first kappa shape index (κ1) is 18.6. The maximum absolute atomic E-state index is 12.4. The Labute approximate surface area is 167 Å². The van der Waals surface area contributed by atoms with Gasteiger partial charge in [0.2, 0.25) is 5.89 Å². The highest BCUT2D eigenvalue weighted by Crippen LogP contribution is 2.23. The van der Waals surface area contributed by atoms with Crippen LogP contribution in [0, 0.1) is 6.92 Å². The summed E-state index contributed by atoms with van der Waals surface area (Å²) >= 11 is 0. The first-order valence-electron chi connectivity index (χ1n) is 9.24. The summed E-state index contributed by atoms with van der Waals surface area (Å²) in [5.41, 5.74) is 2.80. The van der Waals surface area contributed by atoms with Crippen LogP contribution in [0.25, 0.3) is 10.9 Å². The fraction of sp³-hybridized carbons (Fsp3) is 0.182. The van der Waals surface area contributed by atoms with Gasteiger partial charge in [-0.1, -0.05) is 24.3 Å². The summed E-state index contributed by atoms with van der Waals surface area (Å²) in [6.07, 6.45) is 4.81. The third-order valence-corrected chi connectivity index (χ3v) is 4.46. The smallest absolute Gasteiger partial charge is 0.273 e. The van der Waals surface area contributed by atoms with Gasteiger partial charge in [0, 0.05) is 17.8 Å². The summed E-state index contributed by atoms with van der Waals surface area (Å²) < 4.78 is 11.2. The van der Waals surface area contributed by atoms with Gasteiger partial charge in [-0.25, -0.2) is 4.98 Å². The number of hydrogen-bond acceptors (Lipinski definition) is 6. The van der Waals surface area contributed by atoms with Crippen molar-refractivity contribution in [2.45, 2.75) is 26.5 Å². The van der Waals surface area contributed by atoms with Crippen LogP contribution in [-0.2, 0) is 6.61 Å². The molecule has 0 aliphatic heterocycles. The van der Waals surface area contributed by atoms with Gasteiger partial charge in [0.05, 0.1) is 11.7 Å². The Balaban J connectivity index is 1.40. The number of aryl methyl sites for hydroxylation is 1. The second-order valence-corrected chi connectivity index (χ2v) is 6.70. The number of rotatable bonds is 6. The number of pyridine rings is 2. The molecule has 0 unspecified atom stereocenters. The SMILES string of the molecule is Cc1ccc([C@@H](C)NC(=O)c2coc(COc3cccc4cccnc34)n2)nc1. The highest BCUT2D eigenvalue weighted by molar-refractivity contribution is 5.92. The number of hydrogen-bond donors (Lipinski definition) is 1. The van der Waals surface area contributed by atoms with Gasteiger partial charge in [-0.15, -0.1) is 0 Å². The summed E-state index contributed by atoms with van der Waals surface area (Å²) in [4.78, 5) is 25.3. The van der Waals surface area contributed by atoms with Gasteiger partial charge in [-0.3, -0.25) is 14.8 Å². The Bertz CT molecular complexity index is 1130. The van der Waals surface area contributed by atoms with Crippen molar-refractivity contribution in [2.24, 2.45) is 0 Å². The molecule has 0 bridgehead atoms. The molecule has 4 aromatic rings. The Kier molecular flexibility index (Phi) is 5.20. The van der Waals surface area contributed by atoms with E-state index < -0.39 is 0 Å². The standard InChI is InChI=1S/C22H20N4O3/c1-14-8-9-17(24-11-14)15(2)25-22(27)18-12-29-20(26-18)13-28-19-7-3-5-16-6-4-10-23-21(16)19/h3-12,15H,13H2,1-2H3,(H,25,27)/t15-/m1/s1. The van der Waals surface area contributed by atoms with Crippen LogP contribution in [0.15, 0.2) is 65.5 Å². The summed E-state index contributed by atoms with van der Waals surface area (Å²) in [5.74, 6) is 0.609. The third kappa shape index (κ3) is 4.24. The van der Waals surface area contributed by atoms with Crippen molar-refractivity contribution in [1.29, 1.82) is 0 Å². The number of para-hydroxylation sites is 1. The Morgan fingerprint density at radius 2 is 2.03 bits per heavy atom. The highest BCUT2D eigenvalue weighted by Gasteiger charge is 2.17. The van der Waals surface area contributed by atoms with Gasteiger partial charge in [0.25, 0.3) is 5.91 Å². The van der Waals surface area contributed by atoms with E-state index in [1.54, 1.807) is 12.4 Å². The number of nitrogens with one attached hydrogen (secondary N) is 1. The van der Waals surface area contributed by atoms with E-state index in [9.17, 15) is 4.79 Å². The van der Waals surface area contributed by atoms with Gasteiger partial charge in [-0.05, 0) is 37.6 Å². The number of nitrogens with zero attached hydrogens (tertiary/aromatic N) is 3. The van der Waals surface area contributed by atoms with Crippen LogP contribution in [0.4, 0.5) is 0 Å². The summed E-state index contributed by atoms with van der Waals surface area (Å²) in [7, 11) is 0. The van der Waals surface area contributed by atoms with E-state index in [-0.39, 0.29) is 24.2 Å². The molecule has 1 N–H and O–H groups in total. The molecule has 3 aromatic heterocycles. The zero-order valence-corrected chi connectivity index (χ0v) is 16.1. The van der Waals surface area contributed by atoms with E-state index in [2.05, 4.69) is 20.3 Å². The summed E-state index contributed by atoms with van der Waals surface area (Å²) in [6, 6.07) is 13.1. The molecule has 7 nitrogen and oxygen atoms in total. The molecule has 0 radical (unpaired) electrons. The van der Waals surface area contributed by atoms with Crippen molar-refractivity contribution in [3.05, 3.63) is 84.0 Å². The molecule has 1 amide bonds. The highest BCUT2D eigenvalue weighted by atomic mass is 16.5. The van der Waals surface area contributed by atoms with Gasteiger partial charge in [-0.2, -0.15) is 0 Å². The molecule has 4 rings (SSSR count). The zero-order valence-electron chi connectivity index (χ0n) is 16.1. The molecular formula is C22H20N4O3. The molecule has 0 saturated heterocycles. The lowest BCUT2D eigenvalue weighted by Crippen LogP contribution is -2.27. The van der Waals surface area contributed by atoms with Crippen LogP contribution in [0.5, 0.6) is 5.75 Å². The number of carbonyl (C=O) groups excluding carboxylic acids is 1. The second kappa shape index (κ2) is 8.10. The van der Waals surface area contributed by atoms with Crippen molar-refractivity contribution in [3.63, 3.8) is 0 Å². The van der Waals surface area contributed by atoms with Crippen LogP contribution in [0.1, 0.15) is 40.6 Å². The molecule has 146 valence electrons. The Morgan fingerprint density at radius 3 is 2.86 bits per heavy atom. The summed E-state index contributed by atoms with van der Waals surface area (Å²) in [5, 5.41) is 3.85. The minimum absolute atomic E-state index is 0.0953.